The Hall–Kier alpha value is -2.41. The number of anilines is 1. The molecule has 0 bridgehead atoms. The number of aromatic amines is 1. The molecule has 0 aliphatic carbocycles. The summed E-state index contributed by atoms with van der Waals surface area (Å²) in [5.74, 6) is 0.624. The summed E-state index contributed by atoms with van der Waals surface area (Å²) < 4.78 is 5.12. The van der Waals surface area contributed by atoms with E-state index in [1.807, 2.05) is 31.3 Å². The molecule has 0 radical (unpaired) electrons. The zero-order valence-corrected chi connectivity index (χ0v) is 13.2. The Morgan fingerprint density at radius 3 is 3.22 bits per heavy atom. The molecule has 2 N–H and O–H groups in total. The van der Waals surface area contributed by atoms with Gasteiger partial charge in [0, 0.05) is 38.1 Å². The van der Waals surface area contributed by atoms with E-state index in [-0.39, 0.29) is 18.6 Å². The molecular formula is C16H21N5O2. The number of carbonyl (C=O) groups excluding carboxylic acids is 1. The number of hydrogen-bond donors (Lipinski definition) is 2. The first-order valence-corrected chi connectivity index (χ1v) is 7.85. The third-order valence-corrected chi connectivity index (χ3v) is 3.79. The van der Waals surface area contributed by atoms with Gasteiger partial charge in [0.2, 0.25) is 11.9 Å². The van der Waals surface area contributed by atoms with Crippen LogP contribution in [0, 0.1) is 0 Å². The van der Waals surface area contributed by atoms with E-state index in [1.54, 1.807) is 6.20 Å². The van der Waals surface area contributed by atoms with Crippen LogP contribution in [0.25, 0.3) is 11.4 Å². The van der Waals surface area contributed by atoms with E-state index in [1.165, 1.54) is 0 Å². The Bertz CT molecular complexity index is 644. The van der Waals surface area contributed by atoms with Crippen molar-refractivity contribution in [1.82, 2.24) is 20.3 Å². The van der Waals surface area contributed by atoms with Crippen LogP contribution >= 0.6 is 0 Å². The van der Waals surface area contributed by atoms with Crippen LogP contribution < -0.4 is 10.2 Å². The van der Waals surface area contributed by atoms with E-state index in [0.29, 0.717) is 19.1 Å². The zero-order chi connectivity index (χ0) is 16.1. The molecule has 7 heteroatoms. The summed E-state index contributed by atoms with van der Waals surface area (Å²) in [7, 11) is 0. The van der Waals surface area contributed by atoms with Gasteiger partial charge >= 0.3 is 0 Å². The number of carbonyl (C=O) groups is 1. The van der Waals surface area contributed by atoms with Gasteiger partial charge in [0.25, 0.3) is 0 Å². The van der Waals surface area contributed by atoms with Gasteiger partial charge in [0.1, 0.15) is 6.61 Å². The largest absolute Gasteiger partial charge is 0.372 e. The van der Waals surface area contributed by atoms with Gasteiger partial charge in [-0.05, 0) is 31.5 Å². The van der Waals surface area contributed by atoms with Crippen molar-refractivity contribution in [3.63, 3.8) is 0 Å². The van der Waals surface area contributed by atoms with Gasteiger partial charge in [-0.15, -0.1) is 0 Å². The quantitative estimate of drug-likeness (QED) is 0.837. The predicted octanol–water partition coefficient (Wildman–Crippen LogP) is 1.20. The molecule has 23 heavy (non-hydrogen) atoms. The third-order valence-electron chi connectivity index (χ3n) is 3.79. The molecule has 1 atom stereocenters. The maximum Gasteiger partial charge on any atom is 0.246 e. The normalized spacial score (nSPS) is 17.4. The Labute approximate surface area is 135 Å². The summed E-state index contributed by atoms with van der Waals surface area (Å²) >= 11 is 0. The molecule has 1 amide bonds. The average molecular weight is 315 g/mol. The van der Waals surface area contributed by atoms with Crippen LogP contribution in [-0.2, 0) is 9.53 Å². The van der Waals surface area contributed by atoms with Crippen molar-refractivity contribution in [1.29, 1.82) is 0 Å². The highest BCUT2D eigenvalue weighted by atomic mass is 16.5. The first-order valence-electron chi connectivity index (χ1n) is 7.85. The van der Waals surface area contributed by atoms with Crippen LogP contribution in [-0.4, -0.2) is 53.2 Å². The van der Waals surface area contributed by atoms with Crippen molar-refractivity contribution in [2.24, 2.45) is 0 Å². The number of rotatable bonds is 6. The van der Waals surface area contributed by atoms with Crippen LogP contribution in [0.15, 0.2) is 30.6 Å². The Balaban J connectivity index is 1.61. The smallest absolute Gasteiger partial charge is 0.246 e. The van der Waals surface area contributed by atoms with E-state index in [4.69, 9.17) is 4.74 Å². The molecule has 0 saturated carbocycles. The van der Waals surface area contributed by atoms with Gasteiger partial charge in [0.05, 0.1) is 11.4 Å². The topological polar surface area (TPSA) is 83.1 Å². The third kappa shape index (κ3) is 3.87. The summed E-state index contributed by atoms with van der Waals surface area (Å²) in [6.07, 6.45) is 4.52. The van der Waals surface area contributed by atoms with Crippen LogP contribution in [0.3, 0.4) is 0 Å². The zero-order valence-electron chi connectivity index (χ0n) is 13.2. The molecule has 0 spiro atoms. The minimum atomic E-state index is -0.0697. The Morgan fingerprint density at radius 2 is 2.43 bits per heavy atom. The highest BCUT2D eigenvalue weighted by Crippen LogP contribution is 2.20. The first kappa shape index (κ1) is 15.5. The van der Waals surface area contributed by atoms with Gasteiger partial charge in [0.15, 0.2) is 0 Å². The lowest BCUT2D eigenvalue weighted by Crippen LogP contribution is -2.39. The van der Waals surface area contributed by atoms with Gasteiger partial charge < -0.3 is 19.9 Å². The monoisotopic (exact) mass is 315 g/mol. The number of nitrogens with zero attached hydrogens (tertiary/aromatic N) is 3. The van der Waals surface area contributed by atoms with Crippen molar-refractivity contribution in [2.45, 2.75) is 19.4 Å². The van der Waals surface area contributed by atoms with Crippen molar-refractivity contribution >= 4 is 11.9 Å². The van der Waals surface area contributed by atoms with Gasteiger partial charge in [-0.2, -0.15) is 0 Å². The summed E-state index contributed by atoms with van der Waals surface area (Å²) in [6, 6.07) is 5.91. The standard InChI is InChI=1S/C16H21N5O2/c1-2-23-11-15(22)19-12-6-9-21(10-12)16-18-8-5-14(20-16)13-4-3-7-17-13/h3-5,7-8,12,17H,2,6,9-11H2,1H3,(H,19,22). The molecule has 7 nitrogen and oxygen atoms in total. The maximum absolute atomic E-state index is 11.7. The lowest BCUT2D eigenvalue weighted by atomic mass is 10.2. The first-order chi connectivity index (χ1) is 11.3. The summed E-state index contributed by atoms with van der Waals surface area (Å²) in [5, 5.41) is 2.99. The SMILES string of the molecule is CCOCC(=O)NC1CCN(c2nccc(-c3ccc[nH]3)n2)C1. The minimum absolute atomic E-state index is 0.0697. The molecule has 1 aliphatic heterocycles. The van der Waals surface area contributed by atoms with Crippen molar-refractivity contribution in [2.75, 3.05) is 31.2 Å². The van der Waals surface area contributed by atoms with Gasteiger partial charge in [-0.1, -0.05) is 0 Å². The molecule has 0 aromatic carbocycles. The van der Waals surface area contributed by atoms with Crippen LogP contribution in [0.4, 0.5) is 5.95 Å². The van der Waals surface area contributed by atoms with E-state index in [0.717, 1.165) is 24.4 Å². The number of aromatic nitrogens is 3. The summed E-state index contributed by atoms with van der Waals surface area (Å²) in [4.78, 5) is 25.9. The number of ether oxygens (including phenoxy) is 1. The number of hydrogen-bond acceptors (Lipinski definition) is 5. The van der Waals surface area contributed by atoms with Gasteiger partial charge in [-0.25, -0.2) is 9.97 Å². The molecule has 122 valence electrons. The molecule has 1 unspecified atom stereocenters. The number of nitrogens with one attached hydrogen (secondary N) is 2. The lowest BCUT2D eigenvalue weighted by molar-refractivity contribution is -0.126. The minimum Gasteiger partial charge on any atom is -0.372 e. The molecular weight excluding hydrogens is 294 g/mol. The fourth-order valence-electron chi connectivity index (χ4n) is 2.66. The highest BCUT2D eigenvalue weighted by molar-refractivity contribution is 5.77. The number of H-pyrrole nitrogens is 1. The molecule has 3 rings (SSSR count). The van der Waals surface area contributed by atoms with Gasteiger partial charge in [-0.3, -0.25) is 4.79 Å². The molecule has 3 heterocycles. The van der Waals surface area contributed by atoms with E-state index in [9.17, 15) is 4.79 Å². The Morgan fingerprint density at radius 1 is 1.52 bits per heavy atom. The fourth-order valence-corrected chi connectivity index (χ4v) is 2.66. The van der Waals surface area contributed by atoms with E-state index < -0.39 is 0 Å². The molecule has 2 aromatic rings. The van der Waals surface area contributed by atoms with Crippen LogP contribution in [0.1, 0.15) is 13.3 Å². The molecule has 1 saturated heterocycles. The second kappa shape index (κ2) is 7.23. The Kier molecular flexibility index (Phi) is 4.87. The second-order valence-electron chi connectivity index (χ2n) is 5.46. The lowest BCUT2D eigenvalue weighted by Gasteiger charge is -2.17. The highest BCUT2D eigenvalue weighted by Gasteiger charge is 2.25. The van der Waals surface area contributed by atoms with Crippen molar-refractivity contribution in [3.05, 3.63) is 30.6 Å². The van der Waals surface area contributed by atoms with E-state index >= 15 is 0 Å². The van der Waals surface area contributed by atoms with Crippen molar-refractivity contribution in [3.8, 4) is 11.4 Å². The molecule has 1 aliphatic rings. The van der Waals surface area contributed by atoms with Crippen molar-refractivity contribution < 1.29 is 9.53 Å². The average Bonchev–Trinajstić information content (AvgIpc) is 3.25. The number of amides is 1. The van der Waals surface area contributed by atoms with Crippen LogP contribution in [0.2, 0.25) is 0 Å². The van der Waals surface area contributed by atoms with E-state index in [2.05, 4.69) is 25.2 Å². The summed E-state index contributed by atoms with van der Waals surface area (Å²) in [6.45, 7) is 4.08. The maximum atomic E-state index is 11.7. The van der Waals surface area contributed by atoms with Crippen LogP contribution in [0.5, 0.6) is 0 Å². The molecule has 1 fully saturated rings. The molecule has 2 aromatic heterocycles. The fraction of sp³-hybridized carbons (Fsp3) is 0.438. The second-order valence-corrected chi connectivity index (χ2v) is 5.46. The predicted molar refractivity (Wildman–Crippen MR) is 87.1 cm³/mol. The summed E-state index contributed by atoms with van der Waals surface area (Å²) in [5.41, 5.74) is 1.83.